The van der Waals surface area contributed by atoms with E-state index in [1.807, 2.05) is 19.1 Å². The first-order chi connectivity index (χ1) is 11.1. The Balaban J connectivity index is 1.77. The molecule has 122 valence electrons. The maximum absolute atomic E-state index is 5.97. The second-order valence-electron chi connectivity index (χ2n) is 6.52. The van der Waals surface area contributed by atoms with Crippen molar-refractivity contribution >= 4 is 0 Å². The molecule has 1 aliphatic rings. The van der Waals surface area contributed by atoms with Crippen molar-refractivity contribution in [1.82, 2.24) is 9.97 Å². The number of rotatable bonds is 4. The van der Waals surface area contributed by atoms with E-state index in [-0.39, 0.29) is 0 Å². The van der Waals surface area contributed by atoms with Crippen LogP contribution in [-0.4, -0.2) is 23.7 Å². The Kier molecular flexibility index (Phi) is 4.51. The number of aromatic nitrogens is 2. The Morgan fingerprint density at radius 1 is 1.30 bits per heavy atom. The minimum atomic E-state index is 0.419. The van der Waals surface area contributed by atoms with Crippen molar-refractivity contribution in [3.63, 3.8) is 0 Å². The van der Waals surface area contributed by atoms with Crippen LogP contribution in [0.25, 0.3) is 0 Å². The van der Waals surface area contributed by atoms with Gasteiger partial charge in [-0.3, -0.25) is 0 Å². The Bertz CT molecular complexity index is 698. The first kappa shape index (κ1) is 15.8. The Hall–Kier alpha value is -2.10. The van der Waals surface area contributed by atoms with E-state index in [1.165, 1.54) is 5.56 Å². The van der Waals surface area contributed by atoms with Gasteiger partial charge >= 0.3 is 0 Å². The maximum atomic E-state index is 5.97. The summed E-state index contributed by atoms with van der Waals surface area (Å²) in [6, 6.07) is 8.23. The average Bonchev–Trinajstić information content (AvgIpc) is 2.53. The van der Waals surface area contributed by atoms with Crippen LogP contribution in [0.1, 0.15) is 42.5 Å². The van der Waals surface area contributed by atoms with Gasteiger partial charge in [-0.25, -0.2) is 9.97 Å². The molecule has 0 aliphatic carbocycles. The normalized spacial score (nSPS) is 16.8. The van der Waals surface area contributed by atoms with Gasteiger partial charge in [-0.15, -0.1) is 0 Å². The molecule has 23 heavy (non-hydrogen) atoms. The van der Waals surface area contributed by atoms with Gasteiger partial charge in [0.25, 0.3) is 0 Å². The molecular formula is C19H24N2O2. The zero-order valence-electron chi connectivity index (χ0n) is 14.3. The second kappa shape index (κ2) is 6.57. The van der Waals surface area contributed by atoms with E-state index in [2.05, 4.69) is 35.9 Å². The molecule has 1 atom stereocenters. The molecule has 4 nitrogen and oxygen atoms in total. The van der Waals surface area contributed by atoms with E-state index in [1.54, 1.807) is 7.11 Å². The minimum Gasteiger partial charge on any atom is -0.493 e. The quantitative estimate of drug-likeness (QED) is 0.863. The van der Waals surface area contributed by atoms with E-state index in [0.29, 0.717) is 18.4 Å². The first-order valence-electron chi connectivity index (χ1n) is 8.20. The summed E-state index contributed by atoms with van der Waals surface area (Å²) in [7, 11) is 1.68. The SMILES string of the molecule is COc1cccc2c1OC[C@@H](Cc1cc(C(C)C)nc(C)n1)C2. The summed E-state index contributed by atoms with van der Waals surface area (Å²) in [6.45, 7) is 7.00. The summed E-state index contributed by atoms with van der Waals surface area (Å²) in [5.74, 6) is 3.42. The first-order valence-corrected chi connectivity index (χ1v) is 8.20. The fraction of sp³-hybridized carbons (Fsp3) is 0.474. The van der Waals surface area contributed by atoms with Crippen molar-refractivity contribution in [2.75, 3.05) is 13.7 Å². The molecule has 1 aromatic heterocycles. The molecule has 3 rings (SSSR count). The van der Waals surface area contributed by atoms with Gasteiger partial charge in [-0.1, -0.05) is 26.0 Å². The van der Waals surface area contributed by atoms with Crippen molar-refractivity contribution in [2.45, 2.75) is 39.5 Å². The third kappa shape index (κ3) is 3.46. The molecule has 0 fully saturated rings. The van der Waals surface area contributed by atoms with Crippen LogP contribution in [-0.2, 0) is 12.8 Å². The van der Waals surface area contributed by atoms with Crippen LogP contribution in [0.2, 0.25) is 0 Å². The fourth-order valence-electron chi connectivity index (χ4n) is 3.10. The monoisotopic (exact) mass is 312 g/mol. The van der Waals surface area contributed by atoms with Crippen molar-refractivity contribution in [3.05, 3.63) is 47.0 Å². The molecule has 1 aliphatic heterocycles. The molecule has 0 unspecified atom stereocenters. The van der Waals surface area contributed by atoms with Crippen LogP contribution in [0, 0.1) is 12.8 Å². The highest BCUT2D eigenvalue weighted by molar-refractivity contribution is 5.47. The molecule has 4 heteroatoms. The van der Waals surface area contributed by atoms with Gasteiger partial charge in [-0.2, -0.15) is 0 Å². The zero-order chi connectivity index (χ0) is 16.4. The number of hydrogen-bond donors (Lipinski definition) is 0. The molecule has 0 saturated carbocycles. The highest BCUT2D eigenvalue weighted by atomic mass is 16.5. The number of fused-ring (bicyclic) bond motifs is 1. The van der Waals surface area contributed by atoms with Crippen molar-refractivity contribution in [2.24, 2.45) is 5.92 Å². The van der Waals surface area contributed by atoms with Gasteiger partial charge in [0.15, 0.2) is 11.5 Å². The van der Waals surface area contributed by atoms with Gasteiger partial charge in [0, 0.05) is 17.3 Å². The summed E-state index contributed by atoms with van der Waals surface area (Å²) in [5.41, 5.74) is 3.45. The summed E-state index contributed by atoms with van der Waals surface area (Å²) < 4.78 is 11.3. The van der Waals surface area contributed by atoms with Gasteiger partial charge in [0.1, 0.15) is 5.82 Å². The Morgan fingerprint density at radius 2 is 2.13 bits per heavy atom. The van der Waals surface area contributed by atoms with E-state index < -0.39 is 0 Å². The van der Waals surface area contributed by atoms with E-state index >= 15 is 0 Å². The maximum Gasteiger partial charge on any atom is 0.164 e. The predicted molar refractivity (Wildman–Crippen MR) is 90.2 cm³/mol. The number of para-hydroxylation sites is 1. The molecule has 0 radical (unpaired) electrons. The molecule has 0 amide bonds. The molecule has 1 aromatic carbocycles. The standard InChI is InChI=1S/C19H24N2O2/c1-12(2)17-10-16(20-13(3)21-17)9-14-8-15-6-5-7-18(22-4)19(15)23-11-14/h5-7,10,12,14H,8-9,11H2,1-4H3/t14-/m1/s1. The van der Waals surface area contributed by atoms with E-state index in [0.717, 1.165) is 41.6 Å². The van der Waals surface area contributed by atoms with Gasteiger partial charge in [0.2, 0.25) is 0 Å². The van der Waals surface area contributed by atoms with E-state index in [4.69, 9.17) is 9.47 Å². The number of benzene rings is 1. The molecule has 2 heterocycles. The van der Waals surface area contributed by atoms with Gasteiger partial charge in [-0.05, 0) is 43.4 Å². The predicted octanol–water partition coefficient (Wildman–Crippen LogP) is 3.71. The number of ether oxygens (including phenoxy) is 2. The third-order valence-corrected chi connectivity index (χ3v) is 4.25. The molecule has 0 spiro atoms. The van der Waals surface area contributed by atoms with E-state index in [9.17, 15) is 0 Å². The summed E-state index contributed by atoms with van der Waals surface area (Å²) in [6.07, 6.45) is 1.91. The second-order valence-corrected chi connectivity index (χ2v) is 6.52. The third-order valence-electron chi connectivity index (χ3n) is 4.25. The molecule has 0 saturated heterocycles. The van der Waals surface area contributed by atoms with Gasteiger partial charge < -0.3 is 9.47 Å². The van der Waals surface area contributed by atoms with Crippen LogP contribution >= 0.6 is 0 Å². The Labute approximate surface area is 137 Å². The number of aryl methyl sites for hydroxylation is 1. The number of nitrogens with zero attached hydrogens (tertiary/aromatic N) is 2. The molecule has 2 aromatic rings. The average molecular weight is 312 g/mol. The molecule has 0 N–H and O–H groups in total. The van der Waals surface area contributed by atoms with Gasteiger partial charge in [0.05, 0.1) is 13.7 Å². The highest BCUT2D eigenvalue weighted by Gasteiger charge is 2.23. The summed E-state index contributed by atoms with van der Waals surface area (Å²) >= 11 is 0. The van der Waals surface area contributed by atoms with Crippen LogP contribution in [0.4, 0.5) is 0 Å². The lowest BCUT2D eigenvalue weighted by atomic mass is 9.92. The van der Waals surface area contributed by atoms with Crippen LogP contribution in [0.15, 0.2) is 24.3 Å². The Morgan fingerprint density at radius 3 is 2.87 bits per heavy atom. The molecule has 0 bridgehead atoms. The molecular weight excluding hydrogens is 288 g/mol. The summed E-state index contributed by atoms with van der Waals surface area (Å²) in [5, 5.41) is 0. The minimum absolute atomic E-state index is 0.419. The van der Waals surface area contributed by atoms with Crippen LogP contribution in [0.3, 0.4) is 0 Å². The van der Waals surface area contributed by atoms with Crippen molar-refractivity contribution in [1.29, 1.82) is 0 Å². The largest absolute Gasteiger partial charge is 0.493 e. The number of methoxy groups -OCH3 is 1. The van der Waals surface area contributed by atoms with Crippen LogP contribution in [0.5, 0.6) is 11.5 Å². The summed E-state index contributed by atoms with van der Waals surface area (Å²) in [4.78, 5) is 9.13. The highest BCUT2D eigenvalue weighted by Crippen LogP contribution is 2.36. The smallest absolute Gasteiger partial charge is 0.164 e. The lowest BCUT2D eigenvalue weighted by Crippen LogP contribution is -2.23. The van der Waals surface area contributed by atoms with Crippen molar-refractivity contribution in [3.8, 4) is 11.5 Å². The topological polar surface area (TPSA) is 44.2 Å². The fourth-order valence-corrected chi connectivity index (χ4v) is 3.10. The number of hydrogen-bond acceptors (Lipinski definition) is 4. The zero-order valence-corrected chi connectivity index (χ0v) is 14.3. The van der Waals surface area contributed by atoms with Crippen LogP contribution < -0.4 is 9.47 Å². The lowest BCUT2D eigenvalue weighted by Gasteiger charge is -2.26. The lowest BCUT2D eigenvalue weighted by molar-refractivity contribution is 0.210. The van der Waals surface area contributed by atoms with Crippen molar-refractivity contribution < 1.29 is 9.47 Å².